The van der Waals surface area contributed by atoms with Crippen molar-refractivity contribution < 1.29 is 14.0 Å². The molecule has 1 saturated heterocycles. The third kappa shape index (κ3) is 2.94. The number of hydrogen-bond acceptors (Lipinski definition) is 7. The van der Waals surface area contributed by atoms with Crippen LogP contribution in [0.25, 0.3) is 11.4 Å². The van der Waals surface area contributed by atoms with Gasteiger partial charge in [0, 0.05) is 11.6 Å². The van der Waals surface area contributed by atoms with Gasteiger partial charge in [-0.25, -0.2) is 10.9 Å². The van der Waals surface area contributed by atoms with Crippen LogP contribution in [0.15, 0.2) is 40.9 Å². The Morgan fingerprint density at radius 3 is 2.74 bits per heavy atom. The average Bonchev–Trinajstić information content (AvgIpc) is 3.42. The Morgan fingerprint density at radius 1 is 0.963 bits per heavy atom. The molecule has 0 saturated carbocycles. The van der Waals surface area contributed by atoms with Gasteiger partial charge in [-0.3, -0.25) is 0 Å². The van der Waals surface area contributed by atoms with Gasteiger partial charge in [0.05, 0.1) is 0 Å². The van der Waals surface area contributed by atoms with Gasteiger partial charge in [0.15, 0.2) is 11.5 Å². The molecular formula is C20H20N4O3. The molecule has 2 aliphatic heterocycles. The Bertz CT molecular complexity index is 1000. The number of aromatic nitrogens is 2. The van der Waals surface area contributed by atoms with Gasteiger partial charge < -0.3 is 14.0 Å². The summed E-state index contributed by atoms with van der Waals surface area (Å²) in [6, 6.07) is 12.3. The first kappa shape index (κ1) is 16.3. The molecule has 0 aliphatic carbocycles. The lowest BCUT2D eigenvalue weighted by Crippen LogP contribution is -2.27. The Morgan fingerprint density at radius 2 is 1.81 bits per heavy atom. The minimum atomic E-state index is -0.0369. The molecule has 3 aromatic rings. The molecule has 2 aliphatic rings. The highest BCUT2D eigenvalue weighted by molar-refractivity contribution is 5.61. The number of fused-ring (bicyclic) bond motifs is 1. The van der Waals surface area contributed by atoms with E-state index < -0.39 is 0 Å². The maximum absolute atomic E-state index is 5.52. The first-order valence-corrected chi connectivity index (χ1v) is 8.99. The summed E-state index contributed by atoms with van der Waals surface area (Å²) in [5.74, 6) is 2.55. The Balaban J connectivity index is 1.35. The van der Waals surface area contributed by atoms with Crippen LogP contribution in [-0.2, 0) is 0 Å². The number of ether oxygens (including phenoxy) is 2. The highest BCUT2D eigenvalue weighted by atomic mass is 16.7. The number of hydrogen-bond donors (Lipinski definition) is 2. The van der Waals surface area contributed by atoms with Crippen LogP contribution in [0.4, 0.5) is 0 Å². The second-order valence-electron chi connectivity index (χ2n) is 7.01. The number of rotatable bonds is 3. The van der Waals surface area contributed by atoms with E-state index in [0.717, 1.165) is 17.7 Å². The van der Waals surface area contributed by atoms with Gasteiger partial charge in [0.25, 0.3) is 0 Å². The lowest BCUT2D eigenvalue weighted by atomic mass is 9.96. The van der Waals surface area contributed by atoms with Crippen molar-refractivity contribution in [2.45, 2.75) is 32.4 Å². The van der Waals surface area contributed by atoms with Gasteiger partial charge in [0.2, 0.25) is 18.5 Å². The third-order valence-electron chi connectivity index (χ3n) is 5.08. The van der Waals surface area contributed by atoms with Crippen molar-refractivity contribution in [3.8, 4) is 22.9 Å². The van der Waals surface area contributed by atoms with Crippen molar-refractivity contribution in [3.05, 3.63) is 59.0 Å². The summed E-state index contributed by atoms with van der Waals surface area (Å²) < 4.78 is 16.3. The van der Waals surface area contributed by atoms with Gasteiger partial charge in [-0.2, -0.15) is 4.98 Å². The second kappa shape index (κ2) is 6.37. The lowest BCUT2D eigenvalue weighted by Gasteiger charge is -2.13. The van der Waals surface area contributed by atoms with E-state index in [-0.39, 0.29) is 18.9 Å². The summed E-state index contributed by atoms with van der Waals surface area (Å²) in [7, 11) is 0. The zero-order chi connectivity index (χ0) is 18.4. The molecule has 0 amide bonds. The molecular weight excluding hydrogens is 344 g/mol. The van der Waals surface area contributed by atoms with E-state index in [9.17, 15) is 0 Å². The standard InChI is InChI=1S/C20H20N4O3/c1-11-3-4-12(2)14(7-11)15-9-16(23-22-15)20-21-19(24-27-20)13-5-6-17-18(8-13)26-10-25-17/h3-8,15-16,22-23H,9-10H2,1-2H3. The van der Waals surface area contributed by atoms with E-state index >= 15 is 0 Å². The van der Waals surface area contributed by atoms with Crippen LogP contribution >= 0.6 is 0 Å². The van der Waals surface area contributed by atoms with Crippen molar-refractivity contribution in [2.75, 3.05) is 6.79 Å². The average molecular weight is 364 g/mol. The molecule has 7 heteroatoms. The van der Waals surface area contributed by atoms with Gasteiger partial charge in [-0.1, -0.05) is 28.9 Å². The van der Waals surface area contributed by atoms with Crippen molar-refractivity contribution in [1.82, 2.24) is 21.0 Å². The van der Waals surface area contributed by atoms with Crippen LogP contribution in [0, 0.1) is 13.8 Å². The fourth-order valence-corrected chi connectivity index (χ4v) is 3.59. The van der Waals surface area contributed by atoms with E-state index in [1.165, 1.54) is 16.7 Å². The van der Waals surface area contributed by atoms with E-state index in [2.05, 4.69) is 53.0 Å². The minimum absolute atomic E-state index is 0.0369. The van der Waals surface area contributed by atoms with Crippen LogP contribution < -0.4 is 20.3 Å². The molecule has 2 unspecified atom stereocenters. The van der Waals surface area contributed by atoms with Crippen molar-refractivity contribution >= 4 is 0 Å². The highest BCUT2D eigenvalue weighted by Gasteiger charge is 2.31. The Kier molecular flexibility index (Phi) is 3.84. The van der Waals surface area contributed by atoms with Crippen LogP contribution in [0.5, 0.6) is 11.5 Å². The topological polar surface area (TPSA) is 81.4 Å². The summed E-state index contributed by atoms with van der Waals surface area (Å²) in [4.78, 5) is 4.58. The van der Waals surface area contributed by atoms with Gasteiger partial charge in [-0.05, 0) is 49.6 Å². The fraction of sp³-hybridized carbons (Fsp3) is 0.300. The molecule has 2 atom stereocenters. The lowest BCUT2D eigenvalue weighted by molar-refractivity contribution is 0.174. The van der Waals surface area contributed by atoms with E-state index in [1.54, 1.807) is 0 Å². The molecule has 5 rings (SSSR count). The quantitative estimate of drug-likeness (QED) is 0.737. The summed E-state index contributed by atoms with van der Waals surface area (Å²) in [6.07, 6.45) is 0.840. The van der Waals surface area contributed by atoms with Gasteiger partial charge in [0.1, 0.15) is 6.04 Å². The first-order valence-electron chi connectivity index (χ1n) is 8.99. The van der Waals surface area contributed by atoms with E-state index in [0.29, 0.717) is 17.5 Å². The number of aryl methyl sites for hydroxylation is 2. The molecule has 0 spiro atoms. The molecule has 138 valence electrons. The summed E-state index contributed by atoms with van der Waals surface area (Å²) in [6.45, 7) is 4.49. The van der Waals surface area contributed by atoms with Crippen molar-refractivity contribution in [2.24, 2.45) is 0 Å². The summed E-state index contributed by atoms with van der Waals surface area (Å²) in [5, 5.41) is 4.14. The van der Waals surface area contributed by atoms with Crippen LogP contribution in [0.2, 0.25) is 0 Å². The van der Waals surface area contributed by atoms with Gasteiger partial charge >= 0.3 is 0 Å². The largest absolute Gasteiger partial charge is 0.454 e. The molecule has 7 nitrogen and oxygen atoms in total. The smallest absolute Gasteiger partial charge is 0.245 e. The molecule has 2 aromatic carbocycles. The van der Waals surface area contributed by atoms with Crippen LogP contribution in [0.3, 0.4) is 0 Å². The molecule has 0 bridgehead atoms. The van der Waals surface area contributed by atoms with Gasteiger partial charge in [-0.15, -0.1) is 0 Å². The predicted octanol–water partition coefficient (Wildman–Crippen LogP) is 3.36. The SMILES string of the molecule is Cc1ccc(C)c(C2CC(c3nc(-c4ccc5c(c4)OCO5)no3)NN2)c1. The van der Waals surface area contributed by atoms with Crippen molar-refractivity contribution in [1.29, 1.82) is 0 Å². The maximum Gasteiger partial charge on any atom is 0.245 e. The number of benzene rings is 2. The highest BCUT2D eigenvalue weighted by Crippen LogP contribution is 2.36. The monoisotopic (exact) mass is 364 g/mol. The Hall–Kier alpha value is -2.90. The molecule has 27 heavy (non-hydrogen) atoms. The zero-order valence-electron chi connectivity index (χ0n) is 15.2. The molecule has 1 aromatic heterocycles. The van der Waals surface area contributed by atoms with Crippen LogP contribution in [-0.4, -0.2) is 16.9 Å². The zero-order valence-corrected chi connectivity index (χ0v) is 15.2. The summed E-state index contributed by atoms with van der Waals surface area (Å²) in [5.41, 5.74) is 11.3. The third-order valence-corrected chi connectivity index (χ3v) is 5.08. The minimum Gasteiger partial charge on any atom is -0.454 e. The van der Waals surface area contributed by atoms with Crippen molar-refractivity contribution in [3.63, 3.8) is 0 Å². The maximum atomic E-state index is 5.52. The normalized spacial score (nSPS) is 21.0. The molecule has 0 radical (unpaired) electrons. The second-order valence-corrected chi connectivity index (χ2v) is 7.01. The van der Waals surface area contributed by atoms with E-state index in [4.69, 9.17) is 14.0 Å². The summed E-state index contributed by atoms with van der Waals surface area (Å²) >= 11 is 0. The van der Waals surface area contributed by atoms with E-state index in [1.807, 2.05) is 18.2 Å². The first-order chi connectivity index (χ1) is 13.2. The fourth-order valence-electron chi connectivity index (χ4n) is 3.59. The number of hydrazine groups is 1. The number of nitrogens with one attached hydrogen (secondary N) is 2. The number of nitrogens with zero attached hydrogens (tertiary/aromatic N) is 2. The van der Waals surface area contributed by atoms with Crippen LogP contribution in [0.1, 0.15) is 41.1 Å². The predicted molar refractivity (Wildman–Crippen MR) is 98.1 cm³/mol. The molecule has 1 fully saturated rings. The molecule has 2 N–H and O–H groups in total. The Labute approximate surface area is 156 Å². The molecule has 3 heterocycles.